The third kappa shape index (κ3) is 3.53. The van der Waals surface area contributed by atoms with Gasteiger partial charge >= 0.3 is 0 Å². The van der Waals surface area contributed by atoms with Crippen molar-refractivity contribution in [1.29, 1.82) is 0 Å². The zero-order chi connectivity index (χ0) is 16.3. The second kappa shape index (κ2) is 7.02. The van der Waals surface area contributed by atoms with E-state index in [1.54, 1.807) is 6.07 Å². The fraction of sp³-hybridized carbons (Fsp3) is 0.267. The van der Waals surface area contributed by atoms with Gasteiger partial charge in [-0.15, -0.1) is 0 Å². The van der Waals surface area contributed by atoms with Crippen molar-refractivity contribution in [2.75, 3.05) is 0 Å². The molecule has 4 nitrogen and oxygen atoms in total. The molecule has 0 aliphatic carbocycles. The van der Waals surface area contributed by atoms with Crippen LogP contribution in [0.3, 0.4) is 0 Å². The predicted octanol–water partition coefficient (Wildman–Crippen LogP) is 1.95. The van der Waals surface area contributed by atoms with E-state index >= 15 is 0 Å². The minimum atomic E-state index is -1.33. The topological polar surface area (TPSA) is 60.4 Å². The molecule has 22 heavy (non-hydrogen) atoms. The van der Waals surface area contributed by atoms with E-state index in [-0.39, 0.29) is 15.6 Å². The van der Waals surface area contributed by atoms with E-state index in [4.69, 9.17) is 12.2 Å². The average Bonchev–Trinajstić information content (AvgIpc) is 2.71. The lowest BCUT2D eigenvalue weighted by Crippen LogP contribution is -2.49. The summed E-state index contributed by atoms with van der Waals surface area (Å²) in [7, 11) is 0. The summed E-state index contributed by atoms with van der Waals surface area (Å²) in [6.45, 7) is 1.82. The monoisotopic (exact) mass is 338 g/mol. The van der Waals surface area contributed by atoms with Crippen LogP contribution in [0.5, 0.6) is 0 Å². The molecular weight excluding hydrogens is 325 g/mol. The fourth-order valence-electron chi connectivity index (χ4n) is 2.12. The maximum Gasteiger partial charge on any atom is 0.266 e. The Morgan fingerprint density at radius 3 is 2.86 bits per heavy atom. The van der Waals surface area contributed by atoms with Crippen LogP contribution in [0.15, 0.2) is 29.2 Å². The quantitative estimate of drug-likeness (QED) is 0.607. The van der Waals surface area contributed by atoms with Crippen molar-refractivity contribution in [2.45, 2.75) is 25.8 Å². The maximum absolute atomic E-state index is 13.2. The lowest BCUT2D eigenvalue weighted by Gasteiger charge is -2.27. The van der Waals surface area contributed by atoms with Crippen molar-refractivity contribution in [2.24, 2.45) is 0 Å². The van der Waals surface area contributed by atoms with Crippen LogP contribution in [-0.4, -0.2) is 27.1 Å². The molecule has 7 heteroatoms. The predicted molar refractivity (Wildman–Crippen MR) is 85.1 cm³/mol. The highest BCUT2D eigenvalue weighted by molar-refractivity contribution is 8.26. The second-order valence-corrected chi connectivity index (χ2v) is 6.41. The first-order valence-electron chi connectivity index (χ1n) is 6.67. The Bertz CT molecular complexity index is 660. The van der Waals surface area contributed by atoms with E-state index in [1.807, 2.05) is 6.92 Å². The minimum Gasteiger partial charge on any atom is -0.548 e. The molecule has 116 valence electrons. The van der Waals surface area contributed by atoms with Gasteiger partial charge in [-0.3, -0.25) is 9.69 Å². The molecule has 0 N–H and O–H groups in total. The number of carboxylic acids is 1. The van der Waals surface area contributed by atoms with E-state index in [1.165, 1.54) is 24.3 Å². The van der Waals surface area contributed by atoms with Crippen LogP contribution in [0.1, 0.15) is 25.3 Å². The number of carboxylic acid groups (broad SMARTS) is 1. The third-order valence-electron chi connectivity index (χ3n) is 3.12. The number of hydrogen-bond acceptors (Lipinski definition) is 5. The van der Waals surface area contributed by atoms with E-state index < -0.39 is 23.7 Å². The molecule has 1 amide bonds. The number of carbonyl (C=O) groups excluding carboxylic acids is 2. The highest BCUT2D eigenvalue weighted by atomic mass is 32.2. The molecule has 2 rings (SSSR count). The van der Waals surface area contributed by atoms with Gasteiger partial charge in [0.2, 0.25) is 0 Å². The molecule has 0 spiro atoms. The SMILES string of the molecule is CCC[C@H](C(=O)[O-])N1C(=O)/C(=C/c2cccc(F)c2)SC1=S. The number of rotatable bonds is 5. The molecule has 1 heterocycles. The second-order valence-electron chi connectivity index (χ2n) is 4.73. The maximum atomic E-state index is 13.2. The smallest absolute Gasteiger partial charge is 0.266 e. The number of nitrogens with zero attached hydrogens (tertiary/aromatic N) is 1. The molecule has 0 unspecified atom stereocenters. The summed E-state index contributed by atoms with van der Waals surface area (Å²) in [6, 6.07) is 4.70. The molecule has 0 bridgehead atoms. The normalized spacial score (nSPS) is 18.1. The van der Waals surface area contributed by atoms with Gasteiger partial charge in [-0.05, 0) is 30.2 Å². The Balaban J connectivity index is 2.30. The Morgan fingerprint density at radius 2 is 2.27 bits per heavy atom. The van der Waals surface area contributed by atoms with Gasteiger partial charge < -0.3 is 9.90 Å². The number of benzene rings is 1. The Labute approximate surface area is 137 Å². The standard InChI is InChI=1S/C15H14FNO3S2/c1-2-4-11(14(19)20)17-13(18)12(22-15(17)21)8-9-5-3-6-10(16)7-9/h3,5-8,11H,2,4H2,1H3,(H,19,20)/p-1/b12-8-/t11-/m1/s1. The van der Waals surface area contributed by atoms with Crippen LogP contribution < -0.4 is 5.11 Å². The lowest BCUT2D eigenvalue weighted by molar-refractivity contribution is -0.310. The third-order valence-corrected chi connectivity index (χ3v) is 4.45. The molecule has 1 aromatic carbocycles. The van der Waals surface area contributed by atoms with Crippen LogP contribution in [0, 0.1) is 5.82 Å². The number of amides is 1. The van der Waals surface area contributed by atoms with E-state index in [2.05, 4.69) is 0 Å². The summed E-state index contributed by atoms with van der Waals surface area (Å²) in [5.74, 6) is -2.23. The summed E-state index contributed by atoms with van der Waals surface area (Å²) in [5, 5.41) is 11.2. The summed E-state index contributed by atoms with van der Waals surface area (Å²) in [6.07, 6.45) is 2.35. The molecule has 0 saturated carbocycles. The first-order chi connectivity index (χ1) is 10.4. The number of thiocarbonyl (C=S) groups is 1. The van der Waals surface area contributed by atoms with Crippen LogP contribution in [0.25, 0.3) is 6.08 Å². The van der Waals surface area contributed by atoms with E-state index in [0.29, 0.717) is 12.0 Å². The van der Waals surface area contributed by atoms with Gasteiger partial charge in [-0.2, -0.15) is 0 Å². The largest absolute Gasteiger partial charge is 0.548 e. The molecule has 1 aromatic rings. The van der Waals surface area contributed by atoms with Gasteiger partial charge in [0.05, 0.1) is 16.9 Å². The highest BCUT2D eigenvalue weighted by Crippen LogP contribution is 2.34. The molecule has 1 saturated heterocycles. The number of hydrogen-bond donors (Lipinski definition) is 0. The fourth-order valence-corrected chi connectivity index (χ4v) is 3.48. The van der Waals surface area contributed by atoms with Crippen molar-refractivity contribution in [3.63, 3.8) is 0 Å². The van der Waals surface area contributed by atoms with Gasteiger partial charge in [0, 0.05) is 0 Å². The molecular formula is C15H13FNO3S2-. The van der Waals surface area contributed by atoms with Crippen LogP contribution >= 0.6 is 24.0 Å². The number of halogens is 1. The first kappa shape index (κ1) is 16.6. The van der Waals surface area contributed by atoms with Crippen molar-refractivity contribution in [1.82, 2.24) is 4.90 Å². The molecule has 0 radical (unpaired) electrons. The van der Waals surface area contributed by atoms with E-state index in [0.717, 1.165) is 16.7 Å². The molecule has 1 aliphatic heterocycles. The van der Waals surface area contributed by atoms with Crippen molar-refractivity contribution >= 4 is 46.3 Å². The summed E-state index contributed by atoms with van der Waals surface area (Å²) >= 11 is 6.12. The number of thioether (sulfide) groups is 1. The zero-order valence-corrected chi connectivity index (χ0v) is 13.4. The van der Waals surface area contributed by atoms with Crippen LogP contribution in [-0.2, 0) is 9.59 Å². The summed E-state index contributed by atoms with van der Waals surface area (Å²) < 4.78 is 13.4. The minimum absolute atomic E-state index is 0.176. The van der Waals surface area contributed by atoms with E-state index in [9.17, 15) is 19.1 Å². The van der Waals surface area contributed by atoms with Crippen LogP contribution in [0.4, 0.5) is 4.39 Å². The average molecular weight is 338 g/mol. The van der Waals surface area contributed by atoms with Crippen molar-refractivity contribution < 1.29 is 19.1 Å². The van der Waals surface area contributed by atoms with Crippen molar-refractivity contribution in [3.8, 4) is 0 Å². The first-order valence-corrected chi connectivity index (χ1v) is 7.90. The van der Waals surface area contributed by atoms with Gasteiger partial charge in [0.15, 0.2) is 0 Å². The number of carbonyl (C=O) groups is 2. The van der Waals surface area contributed by atoms with Gasteiger partial charge in [-0.25, -0.2) is 4.39 Å². The molecule has 1 fully saturated rings. The van der Waals surface area contributed by atoms with Crippen molar-refractivity contribution in [3.05, 3.63) is 40.6 Å². The molecule has 1 atom stereocenters. The molecule has 0 aromatic heterocycles. The Morgan fingerprint density at radius 1 is 1.55 bits per heavy atom. The van der Waals surface area contributed by atoms with Gasteiger partial charge in [0.25, 0.3) is 5.91 Å². The zero-order valence-electron chi connectivity index (χ0n) is 11.7. The summed E-state index contributed by atoms with van der Waals surface area (Å²) in [4.78, 5) is 25.0. The molecule has 1 aliphatic rings. The Hall–Kier alpha value is -1.73. The highest BCUT2D eigenvalue weighted by Gasteiger charge is 2.37. The number of aliphatic carboxylic acids is 1. The van der Waals surface area contributed by atoms with Gasteiger partial charge in [0.1, 0.15) is 10.1 Å². The van der Waals surface area contributed by atoms with Crippen LogP contribution in [0.2, 0.25) is 0 Å². The van der Waals surface area contributed by atoms with Gasteiger partial charge in [-0.1, -0.05) is 49.5 Å². The Kier molecular flexibility index (Phi) is 5.31. The summed E-state index contributed by atoms with van der Waals surface area (Å²) in [5.41, 5.74) is 0.515. The lowest BCUT2D eigenvalue weighted by atomic mass is 10.1.